The molecule has 3 aromatic carbocycles. The number of nitrogens with zero attached hydrogens (tertiary/aromatic N) is 3. The average Bonchev–Trinajstić information content (AvgIpc) is 2.30. The predicted octanol–water partition coefficient (Wildman–Crippen LogP) is 10.2. The molecule has 3 aromatic rings. The molecule has 0 radical (unpaired) electrons. The van der Waals surface area contributed by atoms with Gasteiger partial charge in [-0.25, -0.2) is 9.37 Å². The summed E-state index contributed by atoms with van der Waals surface area (Å²) in [6.07, 6.45) is 31.4. The standard InChI is InChI=1S/C69H95N7O8Si/c1-8-9-10-11-12-13-14-15-16-17-18-19-21-27-61(78)60(47-77)73-64(79)28-22-20-23-41-70-69(83)84-54-25-24-26-55-51(33-37-54)46-72-74-66(55)49-31-29-48(30-32-49)45-71-67(80)50-34-38-56(68(81)82)59(42-50)65-57-39-35-52(75(2)3)43-62(57)85(6,7)63-44-53(76(4)5)36-40-58(63)65/h21,27,29-32,34-36,38-40,42-44,46,51,54,60-61,74,77-78H,8-20,22-26,28,33,37,41,45,47H2,1-7H3,(H3-,70,71,73,79,80,81,82,83)/b27-21+/t51?,54?,60-,61+/m0/s1. The molecule has 4 atom stereocenters. The third-order valence-electron chi connectivity index (χ3n) is 17.2. The molecule has 1 saturated carbocycles. The number of carbonyl (C=O) groups excluding carboxylic acids is 4. The quantitative estimate of drug-likeness (QED) is 0.0161. The summed E-state index contributed by atoms with van der Waals surface area (Å²) in [5.41, 5.74) is 13.0. The van der Waals surface area contributed by atoms with Crippen LogP contribution in [-0.2, 0) is 16.1 Å². The summed E-state index contributed by atoms with van der Waals surface area (Å²) in [5, 5.41) is 49.0. The predicted molar refractivity (Wildman–Crippen MR) is 344 cm³/mol. The van der Waals surface area contributed by atoms with Crippen molar-refractivity contribution < 1.29 is 43.8 Å². The van der Waals surface area contributed by atoms with Gasteiger partial charge in [-0.15, -0.1) is 0 Å². The Morgan fingerprint density at radius 1 is 0.859 bits per heavy atom. The zero-order valence-corrected chi connectivity index (χ0v) is 52.7. The Kier molecular flexibility index (Phi) is 25.2. The second-order valence-electron chi connectivity index (χ2n) is 24.4. The summed E-state index contributed by atoms with van der Waals surface area (Å²) in [4.78, 5) is 54.5. The first-order valence-corrected chi connectivity index (χ1v) is 34.5. The van der Waals surface area contributed by atoms with E-state index in [2.05, 4.69) is 92.4 Å². The molecule has 0 bridgehead atoms. The van der Waals surface area contributed by atoms with Gasteiger partial charge in [0.25, 0.3) is 5.91 Å². The van der Waals surface area contributed by atoms with Crippen LogP contribution in [0.15, 0.2) is 112 Å². The molecule has 6 N–H and O–H groups in total. The van der Waals surface area contributed by atoms with Gasteiger partial charge in [0.1, 0.15) is 28.3 Å². The number of benzene rings is 3. The zero-order chi connectivity index (χ0) is 60.9. The van der Waals surface area contributed by atoms with Crippen molar-refractivity contribution in [1.82, 2.24) is 21.4 Å². The molecule has 2 aliphatic carbocycles. The topological polar surface area (TPSA) is 208 Å². The highest BCUT2D eigenvalue weighted by Gasteiger charge is 2.41. The van der Waals surface area contributed by atoms with Crippen molar-refractivity contribution in [2.75, 3.05) is 46.2 Å². The number of hydrazone groups is 1. The van der Waals surface area contributed by atoms with Crippen molar-refractivity contribution >= 4 is 66.0 Å². The number of alkyl carbamates (subject to hydrolysis) is 1. The molecule has 7 rings (SSSR count). The third kappa shape index (κ3) is 18.3. The minimum absolute atomic E-state index is 0.0214. The van der Waals surface area contributed by atoms with Gasteiger partial charge < -0.3 is 45.7 Å². The molecule has 0 saturated heterocycles. The molecule has 0 aromatic heterocycles. The highest BCUT2D eigenvalue weighted by Crippen LogP contribution is 2.43. The molecule has 2 unspecified atom stereocenters. The number of hydrogen-bond acceptors (Lipinski definition) is 11. The minimum atomic E-state index is -2.31. The molecule has 0 spiro atoms. The van der Waals surface area contributed by atoms with E-state index in [0.29, 0.717) is 36.9 Å². The van der Waals surface area contributed by atoms with E-state index in [4.69, 9.17) is 4.74 Å². The number of amides is 3. The van der Waals surface area contributed by atoms with Crippen LogP contribution >= 0.6 is 0 Å². The molecule has 3 amide bonds. The van der Waals surface area contributed by atoms with Gasteiger partial charge in [-0.3, -0.25) is 15.0 Å². The molecular formula is C69H95N7O8Si. The fourth-order valence-electron chi connectivity index (χ4n) is 12.1. The zero-order valence-electron chi connectivity index (χ0n) is 51.7. The van der Waals surface area contributed by atoms with Gasteiger partial charge >= 0.3 is 6.09 Å². The average molecular weight is 1180 g/mol. The number of anilines is 1. The first-order valence-electron chi connectivity index (χ1n) is 31.5. The Labute approximate surface area is 506 Å². The fraction of sp³-hybridized carbons (Fsp3) is 0.507. The maximum absolute atomic E-state index is 14.0. The number of aromatic carboxylic acids is 1. The van der Waals surface area contributed by atoms with Crippen LogP contribution in [0.2, 0.25) is 13.1 Å². The van der Waals surface area contributed by atoms with Gasteiger partial charge in [0.15, 0.2) is 5.71 Å². The number of aliphatic hydroxyl groups is 2. The molecule has 1 fully saturated rings. The van der Waals surface area contributed by atoms with Crippen molar-refractivity contribution in [3.05, 3.63) is 141 Å². The molecule has 4 aliphatic rings. The number of carboxylic acids is 1. The van der Waals surface area contributed by atoms with Crippen LogP contribution in [-0.4, -0.2) is 118 Å². The van der Waals surface area contributed by atoms with Gasteiger partial charge in [0.05, 0.1) is 30.4 Å². The van der Waals surface area contributed by atoms with E-state index >= 15 is 0 Å². The Morgan fingerprint density at radius 2 is 1.58 bits per heavy atom. The molecule has 2 aliphatic heterocycles. The number of allylic oxidation sites excluding steroid dienone is 7. The third-order valence-corrected chi connectivity index (χ3v) is 20.8. The summed E-state index contributed by atoms with van der Waals surface area (Å²) in [6, 6.07) is 18.4. The van der Waals surface area contributed by atoms with E-state index < -0.39 is 32.3 Å². The van der Waals surface area contributed by atoms with E-state index in [9.17, 15) is 34.5 Å². The fourth-order valence-corrected chi connectivity index (χ4v) is 15.2. The van der Waals surface area contributed by atoms with Crippen LogP contribution in [0.1, 0.15) is 185 Å². The summed E-state index contributed by atoms with van der Waals surface area (Å²) in [5.74, 6) is -1.77. The highest BCUT2D eigenvalue weighted by molar-refractivity contribution is 6.98. The van der Waals surface area contributed by atoms with Crippen molar-refractivity contribution in [3.63, 3.8) is 0 Å². The van der Waals surface area contributed by atoms with Gasteiger partial charge in [-0.1, -0.05) is 139 Å². The lowest BCUT2D eigenvalue weighted by atomic mass is 9.83. The van der Waals surface area contributed by atoms with Crippen molar-refractivity contribution in [2.45, 2.75) is 180 Å². The summed E-state index contributed by atoms with van der Waals surface area (Å²) >= 11 is 0. The van der Waals surface area contributed by atoms with E-state index in [-0.39, 0.29) is 49.0 Å². The lowest BCUT2D eigenvalue weighted by Crippen LogP contribution is -2.50. The van der Waals surface area contributed by atoms with Gasteiger partial charge in [0, 0.05) is 74.7 Å². The largest absolute Gasteiger partial charge is 0.545 e. The minimum Gasteiger partial charge on any atom is -0.545 e. The number of nitrogens with one attached hydrogen (secondary N) is 4. The highest BCUT2D eigenvalue weighted by atomic mass is 28.3. The molecule has 2 heterocycles. The molecule has 458 valence electrons. The number of ether oxygens (including phenoxy) is 1. The SMILES string of the molecule is CCCCCCCCCCCCC/C=C/[C@@H](O)[C@H](CO)NC(=O)CCCCCNC(=O)OC1CCCC2=C(c3ccc(CNC(=O)c4ccc(C(=O)[O-])c(C5=C6C=CC(=[N+](C)C)C=C6[Si](C)(C)c6cc(N(C)C)ccc65)c4)cc3)NN=CC2CC1. The van der Waals surface area contributed by atoms with Gasteiger partial charge in [-0.05, 0) is 137 Å². The van der Waals surface area contributed by atoms with Crippen LogP contribution in [0, 0.1) is 5.92 Å². The molecule has 16 heteroatoms. The van der Waals surface area contributed by atoms with Crippen LogP contribution in [0.4, 0.5) is 10.5 Å². The van der Waals surface area contributed by atoms with E-state index in [1.807, 2.05) is 64.7 Å². The lowest BCUT2D eigenvalue weighted by Gasteiger charge is -2.38. The maximum Gasteiger partial charge on any atom is 0.407 e. The Bertz CT molecular complexity index is 3020. The maximum atomic E-state index is 14.0. The second-order valence-corrected chi connectivity index (χ2v) is 28.7. The number of unbranched alkanes of at least 4 members (excludes halogenated alkanes) is 13. The molecular weight excluding hydrogens is 1080 g/mol. The summed E-state index contributed by atoms with van der Waals surface area (Å²) in [6.45, 7) is 7.25. The number of carboxylic acid groups (broad SMARTS) is 1. The normalized spacial score (nSPS) is 17.8. The van der Waals surface area contributed by atoms with Crippen molar-refractivity contribution in [2.24, 2.45) is 11.0 Å². The van der Waals surface area contributed by atoms with Gasteiger partial charge in [0.2, 0.25) is 5.91 Å². The van der Waals surface area contributed by atoms with Crippen LogP contribution in [0.5, 0.6) is 0 Å². The Hall–Kier alpha value is -6.88. The monoisotopic (exact) mass is 1180 g/mol. The van der Waals surface area contributed by atoms with E-state index in [1.54, 1.807) is 18.2 Å². The number of aliphatic hydroxyl groups excluding tert-OH is 2. The Balaban J connectivity index is 0.845. The number of hydrogen-bond donors (Lipinski definition) is 6. The number of rotatable bonds is 30. The first-order chi connectivity index (χ1) is 41.0. The molecule has 85 heavy (non-hydrogen) atoms. The van der Waals surface area contributed by atoms with E-state index in [1.165, 1.54) is 86.2 Å². The van der Waals surface area contributed by atoms with Crippen molar-refractivity contribution in [1.29, 1.82) is 0 Å². The van der Waals surface area contributed by atoms with Gasteiger partial charge in [-0.2, -0.15) is 5.10 Å². The Morgan fingerprint density at radius 3 is 2.27 bits per heavy atom. The second kappa shape index (κ2) is 32.6. The molecule has 15 nitrogen and oxygen atoms in total. The van der Waals surface area contributed by atoms with Crippen molar-refractivity contribution in [3.8, 4) is 0 Å². The number of carbonyl (C=O) groups is 4. The summed E-state index contributed by atoms with van der Waals surface area (Å²) < 4.78 is 7.98. The van der Waals surface area contributed by atoms with Crippen LogP contribution in [0.25, 0.3) is 11.3 Å². The smallest absolute Gasteiger partial charge is 0.407 e. The number of fused-ring (bicyclic) bond motifs is 3. The van der Waals surface area contributed by atoms with Crippen LogP contribution in [0.3, 0.4) is 0 Å². The summed E-state index contributed by atoms with van der Waals surface area (Å²) in [7, 11) is 5.75. The first kappa shape index (κ1) is 65.7. The van der Waals surface area contributed by atoms with Crippen LogP contribution < -0.4 is 36.6 Å². The lowest BCUT2D eigenvalue weighted by molar-refractivity contribution is -0.462. The van der Waals surface area contributed by atoms with E-state index in [0.717, 1.165) is 89.9 Å².